The van der Waals surface area contributed by atoms with Gasteiger partial charge in [0.15, 0.2) is 0 Å². The molecule has 2 atom stereocenters. The Kier molecular flexibility index (Phi) is 3.46. The predicted octanol–water partition coefficient (Wildman–Crippen LogP) is 2.41. The molecule has 0 saturated heterocycles. The first-order valence-electron chi connectivity index (χ1n) is 5.31. The maximum absolute atomic E-state index is 11.7. The zero-order chi connectivity index (χ0) is 11.5. The fraction of sp³-hybridized carbons (Fsp3) is 0.417. The first-order valence-corrected chi connectivity index (χ1v) is 5.69. The number of carbonyl (C=O) groups is 1. The Hall–Kier alpha value is -1.06. The molecule has 0 amide bonds. The van der Waals surface area contributed by atoms with Crippen LogP contribution >= 0.6 is 11.6 Å². The molecule has 0 aromatic heterocycles. The molecule has 3 nitrogen and oxygen atoms in total. The molecule has 86 valence electrons. The minimum atomic E-state index is -0.517. The van der Waals surface area contributed by atoms with Gasteiger partial charge < -0.3 is 9.84 Å². The number of halogens is 1. The summed E-state index contributed by atoms with van der Waals surface area (Å²) in [5.41, 5.74) is 0.462. The molecule has 1 aromatic carbocycles. The summed E-state index contributed by atoms with van der Waals surface area (Å²) in [7, 11) is 0. The van der Waals surface area contributed by atoms with Crippen LogP contribution in [0.4, 0.5) is 0 Å². The second-order valence-corrected chi connectivity index (χ2v) is 4.39. The van der Waals surface area contributed by atoms with Crippen molar-refractivity contribution in [3.63, 3.8) is 0 Å². The fourth-order valence-corrected chi connectivity index (χ4v) is 1.96. The lowest BCUT2D eigenvalue weighted by molar-refractivity contribution is -0.00484. The van der Waals surface area contributed by atoms with Crippen LogP contribution in [-0.2, 0) is 4.74 Å². The topological polar surface area (TPSA) is 46.5 Å². The molecule has 1 fully saturated rings. The number of ether oxygens (including phenoxy) is 1. The summed E-state index contributed by atoms with van der Waals surface area (Å²) in [6, 6.07) is 6.52. The first kappa shape index (κ1) is 11.4. The molecule has 1 aliphatic carbocycles. The molecule has 0 unspecified atom stereocenters. The van der Waals surface area contributed by atoms with Crippen LogP contribution in [-0.4, -0.2) is 23.3 Å². The molecule has 0 bridgehead atoms. The van der Waals surface area contributed by atoms with E-state index in [1.54, 1.807) is 24.3 Å². The van der Waals surface area contributed by atoms with Crippen molar-refractivity contribution >= 4 is 17.6 Å². The van der Waals surface area contributed by atoms with E-state index in [-0.39, 0.29) is 6.10 Å². The van der Waals surface area contributed by atoms with E-state index >= 15 is 0 Å². The van der Waals surface area contributed by atoms with E-state index in [1.807, 2.05) is 0 Å². The summed E-state index contributed by atoms with van der Waals surface area (Å²) in [6.07, 6.45) is 1.47. The van der Waals surface area contributed by atoms with E-state index in [0.29, 0.717) is 17.0 Å². The third kappa shape index (κ3) is 2.54. The van der Waals surface area contributed by atoms with Gasteiger partial charge in [-0.05, 0) is 43.5 Å². The van der Waals surface area contributed by atoms with Crippen molar-refractivity contribution in [1.29, 1.82) is 0 Å². The van der Waals surface area contributed by atoms with Crippen LogP contribution in [0.2, 0.25) is 5.02 Å². The molecule has 0 heterocycles. The number of benzene rings is 1. The monoisotopic (exact) mass is 240 g/mol. The minimum Gasteiger partial charge on any atom is -0.456 e. The standard InChI is InChI=1S/C12H13ClO3/c13-9-6-4-8(5-7-9)12(15)16-11-3-1-2-10(11)14/h4-7,10-11,14H,1-3H2/t10-,11-/m0/s1. The number of carbonyl (C=O) groups excluding carboxylic acids is 1. The predicted molar refractivity (Wildman–Crippen MR) is 60.5 cm³/mol. The number of aliphatic hydroxyl groups is 1. The van der Waals surface area contributed by atoms with Crippen molar-refractivity contribution in [3.8, 4) is 0 Å². The van der Waals surface area contributed by atoms with Crippen molar-refractivity contribution < 1.29 is 14.6 Å². The molecule has 1 aliphatic rings. The lowest BCUT2D eigenvalue weighted by atomic mass is 10.2. The molecule has 1 N–H and O–H groups in total. The van der Waals surface area contributed by atoms with Crippen molar-refractivity contribution in [2.24, 2.45) is 0 Å². The van der Waals surface area contributed by atoms with Crippen LogP contribution < -0.4 is 0 Å². The van der Waals surface area contributed by atoms with Gasteiger partial charge in [0.25, 0.3) is 0 Å². The van der Waals surface area contributed by atoms with E-state index in [4.69, 9.17) is 16.3 Å². The Labute approximate surface area is 99.0 Å². The lowest BCUT2D eigenvalue weighted by Gasteiger charge is -2.15. The van der Waals surface area contributed by atoms with Crippen molar-refractivity contribution in [2.45, 2.75) is 31.5 Å². The van der Waals surface area contributed by atoms with E-state index in [9.17, 15) is 9.90 Å². The second kappa shape index (κ2) is 4.85. The van der Waals surface area contributed by atoms with E-state index in [2.05, 4.69) is 0 Å². The van der Waals surface area contributed by atoms with Gasteiger partial charge >= 0.3 is 5.97 Å². The summed E-state index contributed by atoms with van der Waals surface area (Å²) < 4.78 is 5.22. The third-order valence-electron chi connectivity index (χ3n) is 2.76. The van der Waals surface area contributed by atoms with Crippen molar-refractivity contribution in [1.82, 2.24) is 0 Å². The zero-order valence-corrected chi connectivity index (χ0v) is 9.48. The average Bonchev–Trinajstić information content (AvgIpc) is 2.65. The van der Waals surface area contributed by atoms with E-state index in [0.717, 1.165) is 12.8 Å². The summed E-state index contributed by atoms with van der Waals surface area (Å²) in [5, 5.41) is 10.1. The van der Waals surface area contributed by atoms with Crippen molar-refractivity contribution in [3.05, 3.63) is 34.9 Å². The Bertz CT molecular complexity index is 374. The van der Waals surface area contributed by atoms with Crippen LogP contribution in [0, 0.1) is 0 Å². The highest BCUT2D eigenvalue weighted by Crippen LogP contribution is 2.23. The van der Waals surface area contributed by atoms with Crippen LogP contribution in [0.5, 0.6) is 0 Å². The maximum atomic E-state index is 11.7. The van der Waals surface area contributed by atoms with E-state index < -0.39 is 12.1 Å². The van der Waals surface area contributed by atoms with Crippen LogP contribution in [0.1, 0.15) is 29.6 Å². The number of hydrogen-bond donors (Lipinski definition) is 1. The molecular weight excluding hydrogens is 228 g/mol. The Morgan fingerprint density at radius 3 is 2.56 bits per heavy atom. The number of esters is 1. The molecule has 4 heteroatoms. The Balaban J connectivity index is 2.00. The summed E-state index contributed by atoms with van der Waals surface area (Å²) in [5.74, 6) is -0.400. The number of aliphatic hydroxyl groups excluding tert-OH is 1. The highest BCUT2D eigenvalue weighted by molar-refractivity contribution is 6.30. The Morgan fingerprint density at radius 2 is 2.00 bits per heavy atom. The van der Waals surface area contributed by atoms with Gasteiger partial charge in [-0.3, -0.25) is 0 Å². The van der Waals surface area contributed by atoms with Gasteiger partial charge in [0.2, 0.25) is 0 Å². The minimum absolute atomic E-state index is 0.358. The van der Waals surface area contributed by atoms with Crippen LogP contribution in [0.25, 0.3) is 0 Å². The Morgan fingerprint density at radius 1 is 1.31 bits per heavy atom. The number of hydrogen-bond acceptors (Lipinski definition) is 3. The first-order chi connectivity index (χ1) is 7.66. The van der Waals surface area contributed by atoms with Gasteiger partial charge in [-0.1, -0.05) is 11.6 Å². The molecule has 16 heavy (non-hydrogen) atoms. The zero-order valence-electron chi connectivity index (χ0n) is 8.73. The van der Waals surface area contributed by atoms with Gasteiger partial charge in [-0.15, -0.1) is 0 Å². The third-order valence-corrected chi connectivity index (χ3v) is 3.01. The summed E-state index contributed by atoms with van der Waals surface area (Å²) in [4.78, 5) is 11.7. The second-order valence-electron chi connectivity index (χ2n) is 3.95. The normalized spacial score (nSPS) is 24.4. The van der Waals surface area contributed by atoms with Crippen molar-refractivity contribution in [2.75, 3.05) is 0 Å². The molecule has 0 aliphatic heterocycles. The largest absolute Gasteiger partial charge is 0.456 e. The van der Waals surface area contributed by atoms with Gasteiger partial charge in [-0.2, -0.15) is 0 Å². The highest BCUT2D eigenvalue weighted by atomic mass is 35.5. The van der Waals surface area contributed by atoms with Crippen LogP contribution in [0.3, 0.4) is 0 Å². The van der Waals surface area contributed by atoms with Gasteiger partial charge in [0.05, 0.1) is 11.7 Å². The van der Waals surface area contributed by atoms with Crippen LogP contribution in [0.15, 0.2) is 24.3 Å². The highest BCUT2D eigenvalue weighted by Gasteiger charge is 2.28. The molecular formula is C12H13ClO3. The lowest BCUT2D eigenvalue weighted by Crippen LogP contribution is -2.25. The molecule has 2 rings (SSSR count). The van der Waals surface area contributed by atoms with E-state index in [1.165, 1.54) is 0 Å². The fourth-order valence-electron chi connectivity index (χ4n) is 1.84. The quantitative estimate of drug-likeness (QED) is 0.808. The molecule has 1 saturated carbocycles. The van der Waals surface area contributed by atoms with Gasteiger partial charge in [0.1, 0.15) is 6.10 Å². The van der Waals surface area contributed by atoms with Gasteiger partial charge in [-0.25, -0.2) is 4.79 Å². The maximum Gasteiger partial charge on any atom is 0.338 e. The smallest absolute Gasteiger partial charge is 0.338 e. The summed E-state index contributed by atoms with van der Waals surface area (Å²) >= 11 is 5.72. The van der Waals surface area contributed by atoms with Gasteiger partial charge in [0, 0.05) is 5.02 Å². The summed E-state index contributed by atoms with van der Waals surface area (Å²) in [6.45, 7) is 0. The molecule has 1 aromatic rings. The SMILES string of the molecule is O=C(O[C@H]1CCC[C@@H]1O)c1ccc(Cl)cc1. The molecule has 0 radical (unpaired) electrons. The average molecular weight is 241 g/mol. The number of rotatable bonds is 2. The molecule has 0 spiro atoms.